The predicted octanol–water partition coefficient (Wildman–Crippen LogP) is 1.80. The molecule has 3 nitrogen and oxygen atoms in total. The van der Waals surface area contributed by atoms with Crippen LogP contribution in [-0.2, 0) is 9.53 Å². The SMILES string of the molecule is CCOC(=O)/C=C\C#CC1(O)CCCCC1. The van der Waals surface area contributed by atoms with Crippen LogP contribution in [0, 0.1) is 11.8 Å². The minimum atomic E-state index is -0.850. The van der Waals surface area contributed by atoms with Crippen molar-refractivity contribution in [2.24, 2.45) is 0 Å². The molecule has 0 radical (unpaired) electrons. The first-order valence-electron chi connectivity index (χ1n) is 5.75. The number of hydrogen-bond acceptors (Lipinski definition) is 3. The van der Waals surface area contributed by atoms with Crippen LogP contribution in [0.15, 0.2) is 12.2 Å². The molecular weight excluding hydrogens is 204 g/mol. The van der Waals surface area contributed by atoms with E-state index in [4.69, 9.17) is 4.74 Å². The highest BCUT2D eigenvalue weighted by Gasteiger charge is 2.26. The standard InChI is InChI=1S/C13H18O3/c1-2-16-12(14)8-4-7-11-13(15)9-5-3-6-10-13/h4,8,15H,2-3,5-6,9-10H2,1H3/b8-4-. The second-order valence-electron chi connectivity index (χ2n) is 3.95. The van der Waals surface area contributed by atoms with Crippen LogP contribution in [0.5, 0.6) is 0 Å². The number of aliphatic hydroxyl groups is 1. The van der Waals surface area contributed by atoms with Crippen LogP contribution in [0.4, 0.5) is 0 Å². The van der Waals surface area contributed by atoms with E-state index >= 15 is 0 Å². The number of hydrogen-bond donors (Lipinski definition) is 1. The number of ether oxygens (including phenoxy) is 1. The van der Waals surface area contributed by atoms with Gasteiger partial charge in [0.2, 0.25) is 0 Å². The maximum absolute atomic E-state index is 10.9. The molecule has 0 saturated heterocycles. The molecule has 1 saturated carbocycles. The molecule has 1 N–H and O–H groups in total. The van der Waals surface area contributed by atoms with Gasteiger partial charge in [-0.3, -0.25) is 0 Å². The lowest BCUT2D eigenvalue weighted by molar-refractivity contribution is -0.137. The maximum atomic E-state index is 10.9. The zero-order chi connectivity index (χ0) is 11.9. The molecule has 0 amide bonds. The molecule has 0 aliphatic heterocycles. The minimum Gasteiger partial charge on any atom is -0.463 e. The Hall–Kier alpha value is -1.27. The van der Waals surface area contributed by atoms with E-state index < -0.39 is 11.6 Å². The van der Waals surface area contributed by atoms with Crippen molar-refractivity contribution in [1.29, 1.82) is 0 Å². The molecule has 88 valence electrons. The topological polar surface area (TPSA) is 46.5 Å². The van der Waals surface area contributed by atoms with Crippen LogP contribution in [0.25, 0.3) is 0 Å². The third-order valence-corrected chi connectivity index (χ3v) is 2.57. The molecule has 3 heteroatoms. The number of allylic oxidation sites excluding steroid dienone is 1. The summed E-state index contributed by atoms with van der Waals surface area (Å²) in [4.78, 5) is 10.9. The summed E-state index contributed by atoms with van der Waals surface area (Å²) < 4.78 is 4.70. The summed E-state index contributed by atoms with van der Waals surface area (Å²) in [5, 5.41) is 10.0. The van der Waals surface area contributed by atoms with E-state index in [0.29, 0.717) is 6.61 Å². The Bertz CT molecular complexity index is 314. The van der Waals surface area contributed by atoms with Gasteiger partial charge in [0, 0.05) is 6.08 Å². The fraction of sp³-hybridized carbons (Fsp3) is 0.615. The molecule has 1 aliphatic carbocycles. The van der Waals surface area contributed by atoms with Crippen LogP contribution >= 0.6 is 0 Å². The molecule has 0 aromatic carbocycles. The van der Waals surface area contributed by atoms with Crippen molar-refractivity contribution < 1.29 is 14.6 Å². The van der Waals surface area contributed by atoms with Crippen LogP contribution in [0.3, 0.4) is 0 Å². The van der Waals surface area contributed by atoms with E-state index in [2.05, 4.69) is 11.8 Å². The van der Waals surface area contributed by atoms with E-state index in [1.165, 1.54) is 18.6 Å². The van der Waals surface area contributed by atoms with Gasteiger partial charge in [-0.15, -0.1) is 0 Å². The third-order valence-electron chi connectivity index (χ3n) is 2.57. The van der Waals surface area contributed by atoms with Gasteiger partial charge in [0.15, 0.2) is 0 Å². The predicted molar refractivity (Wildman–Crippen MR) is 61.6 cm³/mol. The first-order chi connectivity index (χ1) is 7.66. The third kappa shape index (κ3) is 4.50. The van der Waals surface area contributed by atoms with Crippen molar-refractivity contribution in [3.63, 3.8) is 0 Å². The van der Waals surface area contributed by atoms with Gasteiger partial charge in [0.1, 0.15) is 5.60 Å². The smallest absolute Gasteiger partial charge is 0.331 e. The summed E-state index contributed by atoms with van der Waals surface area (Å²) in [7, 11) is 0. The van der Waals surface area contributed by atoms with Gasteiger partial charge in [-0.05, 0) is 38.7 Å². The molecular formula is C13H18O3. The molecule has 0 atom stereocenters. The largest absolute Gasteiger partial charge is 0.463 e. The highest BCUT2D eigenvalue weighted by atomic mass is 16.5. The van der Waals surface area contributed by atoms with Crippen molar-refractivity contribution in [2.75, 3.05) is 6.61 Å². The Morgan fingerprint density at radius 2 is 2.12 bits per heavy atom. The van der Waals surface area contributed by atoms with Crippen molar-refractivity contribution in [2.45, 2.75) is 44.6 Å². The summed E-state index contributed by atoms with van der Waals surface area (Å²) in [6.45, 7) is 2.11. The minimum absolute atomic E-state index is 0.362. The molecule has 1 fully saturated rings. The Labute approximate surface area is 96.5 Å². The first kappa shape index (κ1) is 12.8. The molecule has 0 heterocycles. The van der Waals surface area contributed by atoms with E-state index in [1.807, 2.05) is 0 Å². The quantitative estimate of drug-likeness (QED) is 0.440. The normalized spacial score (nSPS) is 18.9. The molecule has 0 aromatic heterocycles. The fourth-order valence-electron chi connectivity index (χ4n) is 1.74. The average Bonchev–Trinajstić information content (AvgIpc) is 2.26. The number of carbonyl (C=O) groups is 1. The molecule has 0 unspecified atom stereocenters. The Morgan fingerprint density at radius 1 is 1.44 bits per heavy atom. The summed E-state index contributed by atoms with van der Waals surface area (Å²) in [6, 6.07) is 0. The van der Waals surface area contributed by atoms with Crippen LogP contribution < -0.4 is 0 Å². The van der Waals surface area contributed by atoms with Gasteiger partial charge in [-0.25, -0.2) is 4.79 Å². The van der Waals surface area contributed by atoms with E-state index in [0.717, 1.165) is 25.7 Å². The monoisotopic (exact) mass is 222 g/mol. The van der Waals surface area contributed by atoms with Gasteiger partial charge < -0.3 is 9.84 Å². The lowest BCUT2D eigenvalue weighted by Gasteiger charge is -2.26. The zero-order valence-corrected chi connectivity index (χ0v) is 9.66. The zero-order valence-electron chi connectivity index (χ0n) is 9.66. The molecule has 0 bridgehead atoms. The molecule has 16 heavy (non-hydrogen) atoms. The van der Waals surface area contributed by atoms with Gasteiger partial charge in [-0.2, -0.15) is 0 Å². The maximum Gasteiger partial charge on any atom is 0.331 e. The Kier molecular flexibility index (Phi) is 5.07. The average molecular weight is 222 g/mol. The molecule has 0 spiro atoms. The number of carbonyl (C=O) groups excluding carboxylic acids is 1. The molecule has 1 aliphatic rings. The van der Waals surface area contributed by atoms with Crippen LogP contribution in [0.2, 0.25) is 0 Å². The van der Waals surface area contributed by atoms with Crippen LogP contribution in [0.1, 0.15) is 39.0 Å². The first-order valence-corrected chi connectivity index (χ1v) is 5.75. The number of esters is 1. The lowest BCUT2D eigenvalue weighted by Crippen LogP contribution is -2.29. The molecule has 0 aromatic rings. The highest BCUT2D eigenvalue weighted by Crippen LogP contribution is 2.26. The van der Waals surface area contributed by atoms with Gasteiger partial charge in [-0.1, -0.05) is 18.3 Å². The molecule has 1 rings (SSSR count). The second-order valence-corrected chi connectivity index (χ2v) is 3.95. The summed E-state index contributed by atoms with van der Waals surface area (Å²) in [6.07, 6.45) is 7.38. The summed E-state index contributed by atoms with van der Waals surface area (Å²) in [5.74, 6) is 5.11. The van der Waals surface area contributed by atoms with Gasteiger partial charge in [0.05, 0.1) is 6.61 Å². The van der Waals surface area contributed by atoms with Crippen molar-refractivity contribution in [3.8, 4) is 11.8 Å². The number of rotatable bonds is 2. The summed E-state index contributed by atoms with van der Waals surface area (Å²) in [5.41, 5.74) is -0.850. The second kappa shape index (κ2) is 6.34. The van der Waals surface area contributed by atoms with E-state index in [9.17, 15) is 9.90 Å². The summed E-state index contributed by atoms with van der Waals surface area (Å²) >= 11 is 0. The van der Waals surface area contributed by atoms with Crippen LogP contribution in [-0.4, -0.2) is 23.3 Å². The van der Waals surface area contributed by atoms with Crippen molar-refractivity contribution in [3.05, 3.63) is 12.2 Å². The van der Waals surface area contributed by atoms with Gasteiger partial charge >= 0.3 is 5.97 Å². The van der Waals surface area contributed by atoms with E-state index in [-0.39, 0.29) is 0 Å². The van der Waals surface area contributed by atoms with Crippen molar-refractivity contribution >= 4 is 5.97 Å². The van der Waals surface area contributed by atoms with E-state index in [1.54, 1.807) is 6.92 Å². The van der Waals surface area contributed by atoms with Crippen molar-refractivity contribution in [1.82, 2.24) is 0 Å². The Morgan fingerprint density at radius 3 is 2.75 bits per heavy atom. The highest BCUT2D eigenvalue weighted by molar-refractivity contribution is 5.82. The van der Waals surface area contributed by atoms with Gasteiger partial charge in [0.25, 0.3) is 0 Å². The lowest BCUT2D eigenvalue weighted by atomic mass is 9.85. The Balaban J connectivity index is 2.44. The fourth-order valence-corrected chi connectivity index (χ4v) is 1.74.